The first-order valence-electron chi connectivity index (χ1n) is 11.2. The molecule has 0 radical (unpaired) electrons. The van der Waals surface area contributed by atoms with Crippen molar-refractivity contribution in [1.29, 1.82) is 5.41 Å². The number of nitrogens with one attached hydrogen (secondary N) is 1. The second-order valence-electron chi connectivity index (χ2n) is 9.89. The van der Waals surface area contributed by atoms with E-state index in [9.17, 15) is 4.79 Å². The standard InChI is InChI=1S/C23H32ClNO2/c1-2-23-10-3-4-20(26)27-19-12-17(19)21(23)15-5-6-16-13(14(15)9-11-23)7-8-18(25)22(16)24/h13-15,17,19,21,25H,2-12H2,1H3/t13?,14?,15?,17?,19-,21?,23?/m1/s1. The van der Waals surface area contributed by atoms with Crippen LogP contribution in [-0.4, -0.2) is 17.8 Å². The Kier molecular flexibility index (Phi) is 4.46. The van der Waals surface area contributed by atoms with Crippen LogP contribution in [-0.2, 0) is 9.53 Å². The summed E-state index contributed by atoms with van der Waals surface area (Å²) < 4.78 is 5.80. The zero-order chi connectivity index (χ0) is 18.8. The highest BCUT2D eigenvalue weighted by atomic mass is 35.5. The second kappa shape index (κ2) is 6.61. The number of ether oxygens (including phenoxy) is 1. The highest BCUT2D eigenvalue weighted by Gasteiger charge is 2.60. The minimum Gasteiger partial charge on any atom is -0.462 e. The van der Waals surface area contributed by atoms with Gasteiger partial charge in [0.25, 0.3) is 0 Å². The fourth-order valence-corrected chi connectivity index (χ4v) is 7.98. The molecule has 4 aliphatic carbocycles. The van der Waals surface area contributed by atoms with Crippen molar-refractivity contribution < 1.29 is 9.53 Å². The van der Waals surface area contributed by atoms with E-state index in [2.05, 4.69) is 6.92 Å². The molecule has 0 spiro atoms. The van der Waals surface area contributed by atoms with E-state index in [1.807, 2.05) is 0 Å². The third kappa shape index (κ3) is 2.82. The maximum Gasteiger partial charge on any atom is 0.306 e. The van der Waals surface area contributed by atoms with Crippen LogP contribution in [0, 0.1) is 40.4 Å². The van der Waals surface area contributed by atoms with Gasteiger partial charge in [-0.3, -0.25) is 4.79 Å². The fraction of sp³-hybridized carbons (Fsp3) is 0.826. The number of carbonyl (C=O) groups excluding carboxylic acids is 1. The van der Waals surface area contributed by atoms with Crippen LogP contribution in [0.4, 0.5) is 0 Å². The van der Waals surface area contributed by atoms with Crippen molar-refractivity contribution in [3.63, 3.8) is 0 Å². The third-order valence-electron chi connectivity index (χ3n) is 8.94. The van der Waals surface area contributed by atoms with Gasteiger partial charge in [-0.1, -0.05) is 24.9 Å². The lowest BCUT2D eigenvalue weighted by Crippen LogP contribution is -2.49. The summed E-state index contributed by atoms with van der Waals surface area (Å²) in [5.41, 5.74) is 2.48. The molecule has 1 aliphatic heterocycles. The monoisotopic (exact) mass is 389 g/mol. The Labute approximate surface area is 167 Å². The summed E-state index contributed by atoms with van der Waals surface area (Å²) in [5, 5.41) is 8.95. The zero-order valence-corrected chi connectivity index (χ0v) is 17.2. The molecule has 148 valence electrons. The lowest BCUT2D eigenvalue weighted by molar-refractivity contribution is -0.145. The lowest BCUT2D eigenvalue weighted by Gasteiger charge is -2.56. The molecule has 0 amide bonds. The van der Waals surface area contributed by atoms with Crippen molar-refractivity contribution in [2.75, 3.05) is 0 Å². The first kappa shape index (κ1) is 18.2. The lowest BCUT2D eigenvalue weighted by atomic mass is 9.48. The van der Waals surface area contributed by atoms with Crippen molar-refractivity contribution in [3.05, 3.63) is 10.6 Å². The van der Waals surface area contributed by atoms with E-state index in [0.717, 1.165) is 54.9 Å². The largest absolute Gasteiger partial charge is 0.462 e. The van der Waals surface area contributed by atoms with Crippen molar-refractivity contribution in [2.24, 2.45) is 35.0 Å². The Morgan fingerprint density at radius 1 is 1.11 bits per heavy atom. The Morgan fingerprint density at radius 2 is 1.96 bits per heavy atom. The molecule has 3 saturated carbocycles. The van der Waals surface area contributed by atoms with Gasteiger partial charge in [0.15, 0.2) is 0 Å². The summed E-state index contributed by atoms with van der Waals surface area (Å²) in [6.07, 6.45) is 12.3. The van der Waals surface area contributed by atoms with Gasteiger partial charge >= 0.3 is 5.97 Å². The van der Waals surface area contributed by atoms with E-state index < -0.39 is 0 Å². The quantitative estimate of drug-likeness (QED) is 0.571. The predicted molar refractivity (Wildman–Crippen MR) is 107 cm³/mol. The number of hydrogen-bond donors (Lipinski definition) is 1. The molecule has 5 rings (SSSR count). The summed E-state index contributed by atoms with van der Waals surface area (Å²) in [6, 6.07) is 0. The number of hydrogen-bond acceptors (Lipinski definition) is 3. The molecule has 7 atom stereocenters. The minimum atomic E-state index is 0.0374. The summed E-state index contributed by atoms with van der Waals surface area (Å²) in [5.74, 6) is 3.46. The Bertz CT molecular complexity index is 700. The SMILES string of the molecule is CCC12CCCC(=O)O[C@@H]3CC3C1C1CCC3=C(Cl)C(=N)CCC3C1CC2. The van der Waals surface area contributed by atoms with Crippen LogP contribution in [0.15, 0.2) is 10.6 Å². The number of allylic oxidation sites excluding steroid dienone is 2. The van der Waals surface area contributed by atoms with Crippen LogP contribution >= 0.6 is 11.6 Å². The highest BCUT2D eigenvalue weighted by Crippen LogP contribution is 2.65. The molecule has 3 nitrogen and oxygen atoms in total. The maximum atomic E-state index is 12.1. The number of carbonyl (C=O) groups is 1. The molecule has 0 bridgehead atoms. The third-order valence-corrected chi connectivity index (χ3v) is 9.41. The van der Waals surface area contributed by atoms with Gasteiger partial charge in [0, 0.05) is 18.1 Å². The summed E-state index contributed by atoms with van der Waals surface area (Å²) >= 11 is 6.58. The molecule has 1 saturated heterocycles. The molecular formula is C23H32ClNO2. The number of rotatable bonds is 1. The topological polar surface area (TPSA) is 50.2 Å². The first-order chi connectivity index (χ1) is 13.0. The van der Waals surface area contributed by atoms with Crippen molar-refractivity contribution in [2.45, 2.75) is 83.7 Å². The normalized spacial score (nSPS) is 46.7. The molecule has 6 unspecified atom stereocenters. The molecule has 0 aromatic rings. The van der Waals surface area contributed by atoms with Gasteiger partial charge < -0.3 is 10.1 Å². The minimum absolute atomic E-state index is 0.0374. The smallest absolute Gasteiger partial charge is 0.306 e. The van der Waals surface area contributed by atoms with Crippen LogP contribution in [0.1, 0.15) is 77.6 Å². The molecule has 0 aromatic heterocycles. The number of halogens is 1. The van der Waals surface area contributed by atoms with Gasteiger partial charge in [-0.05, 0) is 92.4 Å². The van der Waals surface area contributed by atoms with Crippen molar-refractivity contribution in [3.8, 4) is 0 Å². The molecule has 4 heteroatoms. The van der Waals surface area contributed by atoms with Crippen molar-refractivity contribution in [1.82, 2.24) is 0 Å². The van der Waals surface area contributed by atoms with E-state index in [-0.39, 0.29) is 12.1 Å². The second-order valence-corrected chi connectivity index (χ2v) is 10.3. The molecule has 5 aliphatic rings. The molecule has 0 aromatic carbocycles. The average molecular weight is 390 g/mol. The molecule has 1 N–H and O–H groups in total. The number of esters is 1. The first-order valence-corrected chi connectivity index (χ1v) is 11.6. The Morgan fingerprint density at radius 3 is 2.78 bits per heavy atom. The van der Waals surface area contributed by atoms with Crippen LogP contribution < -0.4 is 0 Å². The Hall–Kier alpha value is -0.830. The van der Waals surface area contributed by atoms with Gasteiger partial charge in [-0.25, -0.2) is 0 Å². The fourth-order valence-electron chi connectivity index (χ4n) is 7.65. The van der Waals surface area contributed by atoms with Crippen molar-refractivity contribution >= 4 is 23.3 Å². The summed E-state index contributed by atoms with van der Waals surface area (Å²) in [7, 11) is 0. The summed E-state index contributed by atoms with van der Waals surface area (Å²) in [4.78, 5) is 12.1. The van der Waals surface area contributed by atoms with Gasteiger partial charge in [0.2, 0.25) is 0 Å². The van der Waals surface area contributed by atoms with Gasteiger partial charge in [-0.2, -0.15) is 0 Å². The predicted octanol–water partition coefficient (Wildman–Crippen LogP) is 5.86. The van der Waals surface area contributed by atoms with E-state index >= 15 is 0 Å². The molecule has 1 heterocycles. The van der Waals surface area contributed by atoms with Gasteiger partial charge in [-0.15, -0.1) is 0 Å². The van der Waals surface area contributed by atoms with E-state index in [4.69, 9.17) is 21.7 Å². The molecular weight excluding hydrogens is 358 g/mol. The summed E-state index contributed by atoms with van der Waals surface area (Å²) in [6.45, 7) is 2.39. The van der Waals surface area contributed by atoms with Crippen LogP contribution in [0.5, 0.6) is 0 Å². The van der Waals surface area contributed by atoms with Gasteiger partial charge in [0.1, 0.15) is 6.10 Å². The van der Waals surface area contributed by atoms with Crippen LogP contribution in [0.2, 0.25) is 0 Å². The molecule has 4 fully saturated rings. The maximum absolute atomic E-state index is 12.1. The zero-order valence-electron chi connectivity index (χ0n) is 16.4. The van der Waals surface area contributed by atoms with Gasteiger partial charge in [0.05, 0.1) is 5.03 Å². The number of fused-ring (bicyclic) bond motifs is 7. The van der Waals surface area contributed by atoms with E-state index in [1.165, 1.54) is 37.7 Å². The highest BCUT2D eigenvalue weighted by molar-refractivity contribution is 6.43. The van der Waals surface area contributed by atoms with Crippen LogP contribution in [0.3, 0.4) is 0 Å². The Balaban J connectivity index is 1.49. The van der Waals surface area contributed by atoms with E-state index in [1.54, 1.807) is 0 Å². The molecule has 27 heavy (non-hydrogen) atoms. The van der Waals surface area contributed by atoms with E-state index in [0.29, 0.717) is 29.4 Å². The average Bonchev–Trinajstić information content (AvgIpc) is 3.41. The van der Waals surface area contributed by atoms with Crippen LogP contribution in [0.25, 0.3) is 0 Å².